The van der Waals surface area contributed by atoms with Gasteiger partial charge in [0.2, 0.25) is 0 Å². The van der Waals surface area contributed by atoms with Gasteiger partial charge < -0.3 is 9.47 Å². The summed E-state index contributed by atoms with van der Waals surface area (Å²) in [4.78, 5) is 6.78. The first-order valence-electron chi connectivity index (χ1n) is 6.20. The molecular weight excluding hydrogens is 250 g/mol. The number of likely N-dealkylation sites (N-methyl/N-ethyl adjacent to an activating group) is 1. The zero-order chi connectivity index (χ0) is 12.7. The van der Waals surface area contributed by atoms with Crippen molar-refractivity contribution in [2.45, 2.75) is 25.8 Å². The summed E-state index contributed by atoms with van der Waals surface area (Å²) >= 11 is 5.97. The molecule has 0 N–H and O–H groups in total. The highest BCUT2D eigenvalue weighted by Gasteiger charge is 2.22. The number of nitrogens with zero attached hydrogens (tertiary/aromatic N) is 5. The Labute approximate surface area is 111 Å². The summed E-state index contributed by atoms with van der Waals surface area (Å²) in [6.45, 7) is 4.14. The van der Waals surface area contributed by atoms with Crippen molar-refractivity contribution < 1.29 is 0 Å². The highest BCUT2D eigenvalue weighted by Crippen LogP contribution is 2.26. The van der Waals surface area contributed by atoms with E-state index in [1.807, 2.05) is 13.3 Å². The van der Waals surface area contributed by atoms with Crippen LogP contribution in [0, 0.1) is 6.92 Å². The van der Waals surface area contributed by atoms with Crippen LogP contribution in [0.5, 0.6) is 0 Å². The van der Waals surface area contributed by atoms with E-state index in [0.717, 1.165) is 23.3 Å². The van der Waals surface area contributed by atoms with Crippen molar-refractivity contribution in [2.24, 2.45) is 0 Å². The summed E-state index contributed by atoms with van der Waals surface area (Å²) in [6.07, 6.45) is 4.24. The van der Waals surface area contributed by atoms with Crippen LogP contribution in [-0.4, -0.2) is 44.8 Å². The molecule has 1 aliphatic heterocycles. The summed E-state index contributed by atoms with van der Waals surface area (Å²) < 4.78 is 2.14. The number of hydrogen-bond acceptors (Lipinski definition) is 4. The second kappa shape index (κ2) is 4.48. The Balaban J connectivity index is 2.05. The van der Waals surface area contributed by atoms with Crippen molar-refractivity contribution in [3.63, 3.8) is 0 Å². The predicted molar refractivity (Wildman–Crippen MR) is 70.8 cm³/mol. The van der Waals surface area contributed by atoms with Crippen LogP contribution in [0.4, 0.5) is 0 Å². The molecule has 96 valence electrons. The fourth-order valence-electron chi connectivity index (χ4n) is 2.62. The second-order valence-corrected chi connectivity index (χ2v) is 5.36. The predicted octanol–water partition coefficient (Wildman–Crippen LogP) is 2.05. The molecular formula is C12H16ClN5. The summed E-state index contributed by atoms with van der Waals surface area (Å²) in [6, 6.07) is 0.434. The molecule has 0 aromatic carbocycles. The van der Waals surface area contributed by atoms with Crippen LogP contribution < -0.4 is 0 Å². The lowest BCUT2D eigenvalue weighted by atomic mass is 10.1. The second-order valence-electron chi connectivity index (χ2n) is 5.00. The van der Waals surface area contributed by atoms with Gasteiger partial charge in [-0.3, -0.25) is 0 Å². The van der Waals surface area contributed by atoms with Gasteiger partial charge in [-0.1, -0.05) is 11.6 Å². The maximum Gasteiger partial charge on any atom is 0.183 e. The molecule has 0 radical (unpaired) electrons. The van der Waals surface area contributed by atoms with Crippen molar-refractivity contribution in [3.05, 3.63) is 17.0 Å². The van der Waals surface area contributed by atoms with Gasteiger partial charge in [0, 0.05) is 18.2 Å². The zero-order valence-corrected chi connectivity index (χ0v) is 11.4. The normalized spacial score (nSPS) is 21.6. The molecule has 0 aliphatic carbocycles. The Morgan fingerprint density at radius 3 is 3.00 bits per heavy atom. The van der Waals surface area contributed by atoms with Crippen LogP contribution in [0.1, 0.15) is 24.4 Å². The minimum atomic E-state index is 0.434. The molecule has 1 aliphatic rings. The van der Waals surface area contributed by atoms with E-state index < -0.39 is 0 Å². The van der Waals surface area contributed by atoms with Gasteiger partial charge in [-0.05, 0) is 33.4 Å². The highest BCUT2D eigenvalue weighted by molar-refractivity contribution is 6.30. The first-order valence-corrected chi connectivity index (χ1v) is 6.58. The van der Waals surface area contributed by atoms with Gasteiger partial charge in [-0.2, -0.15) is 0 Å². The molecule has 0 amide bonds. The Hall–Kier alpha value is -1.20. The Morgan fingerprint density at radius 1 is 1.39 bits per heavy atom. The number of rotatable bonds is 1. The SMILES string of the molecule is Cc1c(Cl)nnc2c1ncn2C1CCCN(C)C1. The molecule has 1 atom stereocenters. The smallest absolute Gasteiger partial charge is 0.183 e. The molecule has 1 unspecified atom stereocenters. The maximum atomic E-state index is 5.97. The minimum absolute atomic E-state index is 0.434. The van der Waals surface area contributed by atoms with Crippen LogP contribution in [-0.2, 0) is 0 Å². The highest BCUT2D eigenvalue weighted by atomic mass is 35.5. The molecule has 2 aromatic rings. The molecule has 0 saturated carbocycles. The Bertz CT molecular complexity index is 579. The number of fused-ring (bicyclic) bond motifs is 1. The lowest BCUT2D eigenvalue weighted by Gasteiger charge is -2.30. The average molecular weight is 266 g/mol. The van der Waals surface area contributed by atoms with E-state index in [1.54, 1.807) is 0 Å². The van der Waals surface area contributed by atoms with Crippen LogP contribution in [0.25, 0.3) is 11.2 Å². The van der Waals surface area contributed by atoms with Gasteiger partial charge in [0.05, 0.1) is 6.33 Å². The van der Waals surface area contributed by atoms with Crippen LogP contribution >= 0.6 is 11.6 Å². The molecule has 18 heavy (non-hydrogen) atoms. The number of aryl methyl sites for hydroxylation is 1. The van der Waals surface area contributed by atoms with Gasteiger partial charge in [0.25, 0.3) is 0 Å². The fraction of sp³-hybridized carbons (Fsp3) is 0.583. The topological polar surface area (TPSA) is 46.8 Å². The fourth-order valence-corrected chi connectivity index (χ4v) is 2.74. The van der Waals surface area contributed by atoms with E-state index in [-0.39, 0.29) is 0 Å². The van der Waals surface area contributed by atoms with Crippen LogP contribution in [0.3, 0.4) is 0 Å². The van der Waals surface area contributed by atoms with Crippen molar-refractivity contribution in [1.82, 2.24) is 24.6 Å². The van der Waals surface area contributed by atoms with Crippen molar-refractivity contribution in [3.8, 4) is 0 Å². The van der Waals surface area contributed by atoms with E-state index in [1.165, 1.54) is 19.4 Å². The Morgan fingerprint density at radius 2 is 2.22 bits per heavy atom. The third kappa shape index (κ3) is 1.87. The monoisotopic (exact) mass is 265 g/mol. The van der Waals surface area contributed by atoms with Gasteiger partial charge in [-0.15, -0.1) is 10.2 Å². The largest absolute Gasteiger partial charge is 0.309 e. The summed E-state index contributed by atoms with van der Waals surface area (Å²) in [7, 11) is 2.15. The van der Waals surface area contributed by atoms with Crippen molar-refractivity contribution >= 4 is 22.8 Å². The van der Waals surface area contributed by atoms with Gasteiger partial charge in [0.1, 0.15) is 5.52 Å². The maximum absolute atomic E-state index is 5.97. The minimum Gasteiger partial charge on any atom is -0.309 e. The van der Waals surface area contributed by atoms with E-state index in [4.69, 9.17) is 11.6 Å². The molecule has 0 bridgehead atoms. The van der Waals surface area contributed by atoms with Gasteiger partial charge in [-0.25, -0.2) is 4.98 Å². The molecule has 1 saturated heterocycles. The Kier molecular flexibility index (Phi) is 2.95. The zero-order valence-electron chi connectivity index (χ0n) is 10.6. The van der Waals surface area contributed by atoms with Crippen LogP contribution in [0.15, 0.2) is 6.33 Å². The molecule has 3 heterocycles. The molecule has 5 nitrogen and oxygen atoms in total. The van der Waals surface area contributed by atoms with E-state index in [0.29, 0.717) is 11.2 Å². The quantitative estimate of drug-likeness (QED) is 0.792. The van der Waals surface area contributed by atoms with Gasteiger partial charge >= 0.3 is 0 Å². The average Bonchev–Trinajstić information content (AvgIpc) is 2.78. The van der Waals surface area contributed by atoms with E-state index in [2.05, 4.69) is 31.7 Å². The molecule has 2 aromatic heterocycles. The van der Waals surface area contributed by atoms with Gasteiger partial charge in [0.15, 0.2) is 10.8 Å². The number of piperidine rings is 1. The third-order valence-corrected chi connectivity index (χ3v) is 4.02. The molecule has 3 rings (SSSR count). The van der Waals surface area contributed by atoms with E-state index >= 15 is 0 Å². The summed E-state index contributed by atoms with van der Waals surface area (Å²) in [5.74, 6) is 0. The molecule has 1 fully saturated rings. The van der Waals surface area contributed by atoms with Crippen molar-refractivity contribution in [2.75, 3.05) is 20.1 Å². The number of aromatic nitrogens is 4. The molecule has 6 heteroatoms. The first-order chi connectivity index (χ1) is 8.66. The third-order valence-electron chi connectivity index (χ3n) is 3.66. The lowest BCUT2D eigenvalue weighted by Crippen LogP contribution is -2.33. The number of likely N-dealkylation sites (tertiary alicyclic amines) is 1. The molecule has 0 spiro atoms. The summed E-state index contributed by atoms with van der Waals surface area (Å²) in [5.41, 5.74) is 2.62. The number of imidazole rings is 1. The number of halogens is 1. The van der Waals surface area contributed by atoms with Crippen molar-refractivity contribution in [1.29, 1.82) is 0 Å². The summed E-state index contributed by atoms with van der Waals surface area (Å²) in [5, 5.41) is 8.63. The number of hydrogen-bond donors (Lipinski definition) is 0. The lowest BCUT2D eigenvalue weighted by molar-refractivity contribution is 0.214. The van der Waals surface area contributed by atoms with E-state index in [9.17, 15) is 0 Å². The standard InChI is InChI=1S/C12H16ClN5/c1-8-10-12(16-15-11(8)13)18(7-14-10)9-4-3-5-17(2)6-9/h7,9H,3-6H2,1-2H3. The first kappa shape index (κ1) is 11.9. The van der Waals surface area contributed by atoms with Crippen LogP contribution in [0.2, 0.25) is 5.15 Å².